The molecule has 0 fully saturated rings. The number of allylic oxidation sites excluding steroid dienone is 4. The molecule has 0 amide bonds. The second kappa shape index (κ2) is 3.40. The fourth-order valence-electron chi connectivity index (χ4n) is 1.99. The highest BCUT2D eigenvalue weighted by atomic mass is 28.4. The highest BCUT2D eigenvalue weighted by Crippen LogP contribution is 2.39. The van der Waals surface area contributed by atoms with Crippen molar-refractivity contribution in [3.05, 3.63) is 22.5 Å². The minimum absolute atomic E-state index is 1.17. The fourth-order valence-corrected chi connectivity index (χ4v) is 5.39. The van der Waals surface area contributed by atoms with Crippen LogP contribution in [0.1, 0.15) is 25.7 Å². The number of rotatable bonds is 4. The Morgan fingerprint density at radius 2 is 1.38 bits per heavy atom. The molecule has 72 valence electrons. The third-order valence-corrected chi connectivity index (χ3v) is 6.78. The lowest BCUT2D eigenvalue weighted by Crippen LogP contribution is -2.48. The van der Waals surface area contributed by atoms with Crippen LogP contribution in [0.2, 0.25) is 0 Å². The standard InChI is InChI=1S/C10H16O2Si/c1-11-13(12-2,9-5-3-6-9)10-7-4-8-10/h5,7H,3-4,6,8H2,1-2H3. The van der Waals surface area contributed by atoms with Crippen LogP contribution in [-0.4, -0.2) is 22.8 Å². The van der Waals surface area contributed by atoms with Gasteiger partial charge in [-0.25, -0.2) is 0 Å². The fraction of sp³-hybridized carbons (Fsp3) is 0.600. The molecule has 0 bridgehead atoms. The predicted octanol–water partition coefficient (Wildman–Crippen LogP) is 2.24. The Morgan fingerprint density at radius 3 is 1.54 bits per heavy atom. The van der Waals surface area contributed by atoms with Crippen LogP contribution in [0.15, 0.2) is 22.5 Å². The molecule has 2 aliphatic rings. The van der Waals surface area contributed by atoms with Gasteiger partial charge >= 0.3 is 8.56 Å². The van der Waals surface area contributed by atoms with Crippen LogP contribution in [0.4, 0.5) is 0 Å². The largest absolute Gasteiger partial charge is 0.397 e. The van der Waals surface area contributed by atoms with Crippen LogP contribution in [0.25, 0.3) is 0 Å². The van der Waals surface area contributed by atoms with Crippen molar-refractivity contribution in [2.24, 2.45) is 0 Å². The Bertz CT molecular complexity index is 240. The van der Waals surface area contributed by atoms with E-state index in [-0.39, 0.29) is 0 Å². The van der Waals surface area contributed by atoms with Gasteiger partial charge in [-0.2, -0.15) is 0 Å². The van der Waals surface area contributed by atoms with E-state index in [1.165, 1.54) is 36.1 Å². The predicted molar refractivity (Wildman–Crippen MR) is 54.4 cm³/mol. The molecule has 0 spiro atoms. The van der Waals surface area contributed by atoms with Crippen LogP contribution < -0.4 is 0 Å². The molecule has 0 aromatic heterocycles. The molecule has 13 heavy (non-hydrogen) atoms. The Kier molecular flexibility index (Phi) is 2.40. The highest BCUT2D eigenvalue weighted by Gasteiger charge is 2.46. The molecular weight excluding hydrogens is 180 g/mol. The smallest absolute Gasteiger partial charge is 0.391 e. The van der Waals surface area contributed by atoms with Crippen LogP contribution in [0.5, 0.6) is 0 Å². The molecule has 0 atom stereocenters. The molecule has 0 aliphatic heterocycles. The van der Waals surface area contributed by atoms with E-state index >= 15 is 0 Å². The first kappa shape index (κ1) is 9.18. The average Bonchev–Trinajstić information content (AvgIpc) is 1.96. The van der Waals surface area contributed by atoms with Crippen LogP contribution in [-0.2, 0) is 8.85 Å². The van der Waals surface area contributed by atoms with Gasteiger partial charge in [-0.05, 0) is 36.1 Å². The van der Waals surface area contributed by atoms with Gasteiger partial charge in [0.2, 0.25) is 0 Å². The normalized spacial score (nSPS) is 21.4. The van der Waals surface area contributed by atoms with Crippen molar-refractivity contribution >= 4 is 8.56 Å². The van der Waals surface area contributed by atoms with E-state index in [0.717, 1.165) is 0 Å². The van der Waals surface area contributed by atoms with E-state index in [1.54, 1.807) is 14.2 Å². The summed E-state index contributed by atoms with van der Waals surface area (Å²) in [5, 5.41) is 2.87. The van der Waals surface area contributed by atoms with Gasteiger partial charge in [-0.15, -0.1) is 0 Å². The molecule has 2 nitrogen and oxygen atoms in total. The molecule has 0 unspecified atom stereocenters. The van der Waals surface area contributed by atoms with Gasteiger partial charge < -0.3 is 8.85 Å². The van der Waals surface area contributed by atoms with Gasteiger partial charge in [-0.1, -0.05) is 12.2 Å². The Hall–Kier alpha value is -0.383. The molecule has 0 N–H and O–H groups in total. The summed E-state index contributed by atoms with van der Waals surface area (Å²) in [7, 11) is 1.52. The Labute approximate surface area is 80.5 Å². The summed E-state index contributed by atoms with van der Waals surface area (Å²) in [4.78, 5) is 0. The lowest BCUT2D eigenvalue weighted by Gasteiger charge is -2.37. The molecule has 0 radical (unpaired) electrons. The average molecular weight is 196 g/mol. The summed E-state index contributed by atoms with van der Waals surface area (Å²) < 4.78 is 11.4. The molecular formula is C10H16O2Si. The zero-order valence-electron chi connectivity index (χ0n) is 8.30. The number of hydrogen-bond acceptors (Lipinski definition) is 2. The third kappa shape index (κ3) is 1.22. The maximum atomic E-state index is 5.68. The lowest BCUT2D eigenvalue weighted by atomic mass is 10.1. The molecule has 0 heterocycles. The minimum atomic E-state index is -2.05. The van der Waals surface area contributed by atoms with Crippen LogP contribution >= 0.6 is 0 Å². The molecule has 2 rings (SSSR count). The molecule has 0 saturated heterocycles. The highest BCUT2D eigenvalue weighted by molar-refractivity contribution is 6.82. The molecule has 0 aromatic carbocycles. The van der Waals surface area contributed by atoms with Crippen molar-refractivity contribution in [1.82, 2.24) is 0 Å². The Morgan fingerprint density at radius 1 is 1.00 bits per heavy atom. The summed E-state index contributed by atoms with van der Waals surface area (Å²) in [6.07, 6.45) is 9.29. The van der Waals surface area contributed by atoms with Gasteiger partial charge in [0.15, 0.2) is 0 Å². The summed E-state index contributed by atoms with van der Waals surface area (Å²) >= 11 is 0. The molecule has 0 aromatic rings. The van der Waals surface area contributed by atoms with Crippen LogP contribution in [0, 0.1) is 0 Å². The first-order chi connectivity index (χ1) is 6.33. The number of hydrogen-bond donors (Lipinski definition) is 0. The monoisotopic (exact) mass is 196 g/mol. The van der Waals surface area contributed by atoms with Crippen molar-refractivity contribution < 1.29 is 8.85 Å². The molecule has 3 heteroatoms. The minimum Gasteiger partial charge on any atom is -0.391 e. The maximum Gasteiger partial charge on any atom is 0.397 e. The second-order valence-corrected chi connectivity index (χ2v) is 6.90. The van der Waals surface area contributed by atoms with Gasteiger partial charge in [0, 0.05) is 14.2 Å². The quantitative estimate of drug-likeness (QED) is 0.642. The third-order valence-electron chi connectivity index (χ3n) is 3.03. The van der Waals surface area contributed by atoms with Gasteiger partial charge in [0.05, 0.1) is 0 Å². The molecule has 2 aliphatic carbocycles. The van der Waals surface area contributed by atoms with Crippen molar-refractivity contribution in [2.75, 3.05) is 14.2 Å². The van der Waals surface area contributed by atoms with E-state index in [1.807, 2.05) is 0 Å². The van der Waals surface area contributed by atoms with E-state index in [9.17, 15) is 0 Å². The summed E-state index contributed by atoms with van der Waals surface area (Å²) in [6.45, 7) is 0. The van der Waals surface area contributed by atoms with Gasteiger partial charge in [0.1, 0.15) is 0 Å². The van der Waals surface area contributed by atoms with E-state index < -0.39 is 8.56 Å². The zero-order chi connectivity index (χ0) is 9.31. The van der Waals surface area contributed by atoms with E-state index in [2.05, 4.69) is 12.2 Å². The summed E-state index contributed by atoms with van der Waals surface area (Å²) in [6, 6.07) is 0. The van der Waals surface area contributed by atoms with Gasteiger partial charge in [0.25, 0.3) is 0 Å². The van der Waals surface area contributed by atoms with E-state index in [4.69, 9.17) is 8.85 Å². The van der Waals surface area contributed by atoms with Crippen molar-refractivity contribution in [1.29, 1.82) is 0 Å². The second-order valence-electron chi connectivity index (χ2n) is 3.56. The van der Waals surface area contributed by atoms with Crippen molar-refractivity contribution in [2.45, 2.75) is 25.7 Å². The molecule has 0 saturated carbocycles. The zero-order valence-corrected chi connectivity index (χ0v) is 9.30. The lowest BCUT2D eigenvalue weighted by molar-refractivity contribution is 0.256. The first-order valence-corrected chi connectivity index (χ1v) is 6.64. The van der Waals surface area contributed by atoms with Crippen molar-refractivity contribution in [3.63, 3.8) is 0 Å². The van der Waals surface area contributed by atoms with Crippen molar-refractivity contribution in [3.8, 4) is 0 Å². The topological polar surface area (TPSA) is 18.5 Å². The van der Waals surface area contributed by atoms with E-state index in [0.29, 0.717) is 0 Å². The SMILES string of the molecule is CO[Si](OC)(C1=CCC1)C1=CCC1. The maximum absolute atomic E-state index is 5.68. The summed E-state index contributed by atoms with van der Waals surface area (Å²) in [5.74, 6) is 0. The Balaban J connectivity index is 2.27. The first-order valence-electron chi connectivity index (χ1n) is 4.83. The summed E-state index contributed by atoms with van der Waals surface area (Å²) in [5.41, 5.74) is 0. The van der Waals surface area contributed by atoms with Crippen LogP contribution in [0.3, 0.4) is 0 Å². The van der Waals surface area contributed by atoms with Gasteiger partial charge in [-0.3, -0.25) is 0 Å².